The number of nitro groups is 1. The Morgan fingerprint density at radius 1 is 1.24 bits per heavy atom. The lowest BCUT2D eigenvalue weighted by atomic mass is 10.1. The Morgan fingerprint density at radius 3 is 2.56 bits per heavy atom. The number of carbonyl (C=O) groups excluding carboxylic acids is 1. The molecule has 0 saturated carbocycles. The minimum Gasteiger partial charge on any atom is -0.322 e. The molecule has 0 atom stereocenters. The number of nitrogens with zero attached hydrogens (tertiary/aromatic N) is 2. The summed E-state index contributed by atoms with van der Waals surface area (Å²) >= 11 is 7.32. The Balaban J connectivity index is 1.81. The number of hydrogen-bond acceptors (Lipinski definition) is 5. The molecule has 1 heterocycles. The summed E-state index contributed by atoms with van der Waals surface area (Å²) in [6, 6.07) is 11.1. The van der Waals surface area contributed by atoms with Crippen LogP contribution in [0.3, 0.4) is 0 Å². The summed E-state index contributed by atoms with van der Waals surface area (Å²) in [5, 5.41) is 16.9. The Morgan fingerprint density at radius 2 is 1.96 bits per heavy atom. The van der Waals surface area contributed by atoms with Crippen LogP contribution in [0.5, 0.6) is 0 Å². The first-order chi connectivity index (χ1) is 11.9. The van der Waals surface area contributed by atoms with Crippen molar-refractivity contribution in [2.75, 3.05) is 5.32 Å². The van der Waals surface area contributed by atoms with E-state index in [1.54, 1.807) is 23.5 Å². The molecule has 1 amide bonds. The second-order valence-electron chi connectivity index (χ2n) is 5.20. The fourth-order valence-corrected chi connectivity index (χ4v) is 3.05. The Kier molecular flexibility index (Phi) is 4.78. The van der Waals surface area contributed by atoms with Crippen LogP contribution < -0.4 is 5.32 Å². The third kappa shape index (κ3) is 3.84. The molecule has 0 aliphatic carbocycles. The van der Waals surface area contributed by atoms with Crippen molar-refractivity contribution in [3.05, 3.63) is 73.6 Å². The molecule has 3 rings (SSSR count). The summed E-state index contributed by atoms with van der Waals surface area (Å²) in [5.41, 5.74) is 1.95. The van der Waals surface area contributed by atoms with Gasteiger partial charge in [0.2, 0.25) is 0 Å². The second-order valence-corrected chi connectivity index (χ2v) is 6.70. The molecule has 0 aliphatic heterocycles. The molecule has 6 nitrogen and oxygen atoms in total. The van der Waals surface area contributed by atoms with Crippen molar-refractivity contribution in [3.8, 4) is 11.3 Å². The molecule has 126 valence electrons. The normalized spacial score (nSPS) is 10.5. The highest BCUT2D eigenvalue weighted by Gasteiger charge is 2.20. The molecule has 1 aromatic heterocycles. The molecule has 3 aromatic rings. The smallest absolute Gasteiger partial charge is 0.283 e. The number of halogens is 1. The predicted octanol–water partition coefficient (Wildman–Crippen LogP) is 4.93. The van der Waals surface area contributed by atoms with Gasteiger partial charge in [-0.25, -0.2) is 4.98 Å². The Bertz CT molecular complexity index is 954. The number of nitro benzene ring substituents is 1. The minimum atomic E-state index is -0.630. The van der Waals surface area contributed by atoms with Gasteiger partial charge in [-0.1, -0.05) is 23.7 Å². The SMILES string of the molecule is Cc1nc(-c2ccc(NC(=O)c3ccc(Cl)cc3[N+](=O)[O-])cc2)cs1. The number of anilines is 1. The van der Waals surface area contributed by atoms with Crippen LogP contribution in [0.1, 0.15) is 15.4 Å². The van der Waals surface area contributed by atoms with Gasteiger partial charge in [0.1, 0.15) is 5.56 Å². The number of hydrogen-bond donors (Lipinski definition) is 1. The topological polar surface area (TPSA) is 85.1 Å². The first-order valence-corrected chi connectivity index (χ1v) is 8.47. The highest BCUT2D eigenvalue weighted by Crippen LogP contribution is 2.26. The second kappa shape index (κ2) is 7.00. The molecule has 0 spiro atoms. The lowest BCUT2D eigenvalue weighted by Gasteiger charge is -2.07. The average molecular weight is 374 g/mol. The van der Waals surface area contributed by atoms with Crippen LogP contribution in [-0.2, 0) is 0 Å². The van der Waals surface area contributed by atoms with Crippen LogP contribution in [0, 0.1) is 17.0 Å². The lowest BCUT2D eigenvalue weighted by Crippen LogP contribution is -2.13. The van der Waals surface area contributed by atoms with E-state index in [-0.39, 0.29) is 16.3 Å². The van der Waals surface area contributed by atoms with Crippen LogP contribution in [0.4, 0.5) is 11.4 Å². The molecule has 0 radical (unpaired) electrons. The summed E-state index contributed by atoms with van der Waals surface area (Å²) in [6.07, 6.45) is 0. The summed E-state index contributed by atoms with van der Waals surface area (Å²) in [5.74, 6) is -0.569. The number of thiazole rings is 1. The van der Waals surface area contributed by atoms with Crippen molar-refractivity contribution in [2.45, 2.75) is 6.92 Å². The van der Waals surface area contributed by atoms with E-state index >= 15 is 0 Å². The number of aromatic nitrogens is 1. The molecule has 0 saturated heterocycles. The lowest BCUT2D eigenvalue weighted by molar-refractivity contribution is -0.385. The first kappa shape index (κ1) is 17.1. The van der Waals surface area contributed by atoms with Crippen molar-refractivity contribution < 1.29 is 9.72 Å². The fourth-order valence-electron chi connectivity index (χ4n) is 2.27. The average Bonchev–Trinajstić information content (AvgIpc) is 3.01. The molecule has 1 N–H and O–H groups in total. The van der Waals surface area contributed by atoms with Crippen molar-refractivity contribution in [3.63, 3.8) is 0 Å². The molecule has 25 heavy (non-hydrogen) atoms. The molecular weight excluding hydrogens is 362 g/mol. The maximum absolute atomic E-state index is 12.3. The zero-order chi connectivity index (χ0) is 18.0. The van der Waals surface area contributed by atoms with Gasteiger partial charge in [0.25, 0.3) is 11.6 Å². The molecular formula is C17H12ClN3O3S. The van der Waals surface area contributed by atoms with E-state index < -0.39 is 10.8 Å². The van der Waals surface area contributed by atoms with Crippen molar-refractivity contribution in [1.82, 2.24) is 4.98 Å². The van der Waals surface area contributed by atoms with Gasteiger partial charge in [0.15, 0.2) is 0 Å². The van der Waals surface area contributed by atoms with Crippen LogP contribution >= 0.6 is 22.9 Å². The van der Waals surface area contributed by atoms with Crippen molar-refractivity contribution in [2.24, 2.45) is 0 Å². The maximum Gasteiger partial charge on any atom is 0.283 e. The number of carbonyl (C=O) groups is 1. The van der Waals surface area contributed by atoms with Crippen molar-refractivity contribution >= 4 is 40.2 Å². The summed E-state index contributed by atoms with van der Waals surface area (Å²) in [6.45, 7) is 1.93. The van der Waals surface area contributed by atoms with Gasteiger partial charge in [0.05, 0.1) is 15.6 Å². The van der Waals surface area contributed by atoms with Crippen LogP contribution in [0.15, 0.2) is 47.8 Å². The Hall–Kier alpha value is -2.77. The van der Waals surface area contributed by atoms with E-state index in [1.165, 1.54) is 12.1 Å². The van der Waals surface area contributed by atoms with Gasteiger partial charge in [-0.05, 0) is 31.2 Å². The highest BCUT2D eigenvalue weighted by atomic mass is 35.5. The van der Waals surface area contributed by atoms with Crippen LogP contribution in [0.25, 0.3) is 11.3 Å². The Labute approximate surface area is 152 Å². The third-order valence-corrected chi connectivity index (χ3v) is 4.47. The summed E-state index contributed by atoms with van der Waals surface area (Å²) < 4.78 is 0. The molecule has 0 bridgehead atoms. The monoisotopic (exact) mass is 373 g/mol. The minimum absolute atomic E-state index is 0.0476. The van der Waals surface area contributed by atoms with E-state index in [1.807, 2.05) is 24.4 Å². The zero-order valence-electron chi connectivity index (χ0n) is 13.0. The number of benzene rings is 2. The largest absolute Gasteiger partial charge is 0.322 e. The van der Waals surface area contributed by atoms with E-state index in [0.29, 0.717) is 5.69 Å². The van der Waals surface area contributed by atoms with Gasteiger partial charge < -0.3 is 5.32 Å². The number of rotatable bonds is 4. The van der Waals surface area contributed by atoms with Gasteiger partial charge in [-0.15, -0.1) is 11.3 Å². The van der Waals surface area contributed by atoms with Crippen LogP contribution in [0.2, 0.25) is 5.02 Å². The zero-order valence-corrected chi connectivity index (χ0v) is 14.6. The van der Waals surface area contributed by atoms with Gasteiger partial charge >= 0.3 is 0 Å². The van der Waals surface area contributed by atoms with Crippen molar-refractivity contribution in [1.29, 1.82) is 0 Å². The molecule has 0 fully saturated rings. The highest BCUT2D eigenvalue weighted by molar-refractivity contribution is 7.09. The quantitative estimate of drug-likeness (QED) is 0.518. The maximum atomic E-state index is 12.3. The standard InChI is InChI=1S/C17H12ClN3O3S/c1-10-19-15(9-25-10)11-2-5-13(6-3-11)20-17(22)14-7-4-12(18)8-16(14)21(23)24/h2-9H,1H3,(H,20,22). The molecule has 0 unspecified atom stereocenters. The molecule has 8 heteroatoms. The molecule has 0 aliphatic rings. The first-order valence-electron chi connectivity index (χ1n) is 7.22. The van der Waals surface area contributed by atoms with E-state index in [2.05, 4.69) is 10.3 Å². The summed E-state index contributed by atoms with van der Waals surface area (Å²) in [4.78, 5) is 27.2. The van der Waals surface area contributed by atoms with E-state index in [0.717, 1.165) is 22.3 Å². The number of nitrogens with one attached hydrogen (secondary N) is 1. The van der Waals surface area contributed by atoms with Gasteiger partial charge in [-0.3, -0.25) is 14.9 Å². The number of amides is 1. The van der Waals surface area contributed by atoms with Gasteiger partial charge in [0, 0.05) is 27.7 Å². The van der Waals surface area contributed by atoms with Gasteiger partial charge in [-0.2, -0.15) is 0 Å². The van der Waals surface area contributed by atoms with E-state index in [9.17, 15) is 14.9 Å². The number of aryl methyl sites for hydroxylation is 1. The predicted molar refractivity (Wildman–Crippen MR) is 98.3 cm³/mol. The molecule has 2 aromatic carbocycles. The van der Waals surface area contributed by atoms with Crippen LogP contribution in [-0.4, -0.2) is 15.8 Å². The summed E-state index contributed by atoms with van der Waals surface area (Å²) in [7, 11) is 0. The fraction of sp³-hybridized carbons (Fsp3) is 0.0588. The third-order valence-electron chi connectivity index (χ3n) is 3.46. The van der Waals surface area contributed by atoms with E-state index in [4.69, 9.17) is 11.6 Å².